The summed E-state index contributed by atoms with van der Waals surface area (Å²) in [6, 6.07) is 10.9. The number of alkyl halides is 3. The van der Waals surface area contributed by atoms with E-state index in [4.69, 9.17) is 16.6 Å². The van der Waals surface area contributed by atoms with Crippen molar-refractivity contribution in [3.8, 4) is 0 Å². The van der Waals surface area contributed by atoms with Gasteiger partial charge in [0.15, 0.2) is 0 Å². The fraction of sp³-hybridized carbons (Fsp3) is 0.387. The standard InChI is InChI=1S/C31H35ClF3N5O/c1-5-21(4)37-30(41)24-13-11-22(16-20(24)3)27-8-6-9-28-26(36-15-7-14-31(33,34)35)18-29(39-40(27)28)38-25-17-23(32)12-10-19(25)2/h6,8,10-13,16-17,21,26,36H,5,7,14-15,18H2,1-4H3,(H,37,41)(H,38,39). The zero-order valence-electron chi connectivity index (χ0n) is 23.6. The Morgan fingerprint density at radius 3 is 2.71 bits per heavy atom. The van der Waals surface area contributed by atoms with Crippen LogP contribution in [0.2, 0.25) is 5.02 Å². The number of aliphatic imine (C=N–C) groups is 1. The molecule has 0 radical (unpaired) electrons. The van der Waals surface area contributed by atoms with Gasteiger partial charge in [-0.1, -0.05) is 36.4 Å². The van der Waals surface area contributed by atoms with Gasteiger partial charge in [-0.2, -0.15) is 13.2 Å². The van der Waals surface area contributed by atoms with E-state index in [0.29, 0.717) is 28.5 Å². The van der Waals surface area contributed by atoms with Crippen molar-refractivity contribution in [2.75, 3.05) is 6.54 Å². The molecule has 41 heavy (non-hydrogen) atoms. The lowest BCUT2D eigenvalue weighted by atomic mass is 9.98. The first kappa shape index (κ1) is 30.4. The third-order valence-corrected chi connectivity index (χ3v) is 7.37. The van der Waals surface area contributed by atoms with Crippen LogP contribution >= 0.6 is 11.6 Å². The smallest absolute Gasteiger partial charge is 0.350 e. The second kappa shape index (κ2) is 13.0. The van der Waals surface area contributed by atoms with Crippen LogP contribution in [0.1, 0.15) is 66.6 Å². The summed E-state index contributed by atoms with van der Waals surface area (Å²) < 4.78 is 38.3. The van der Waals surface area contributed by atoms with E-state index in [-0.39, 0.29) is 31.0 Å². The molecule has 2 aromatic carbocycles. The largest absolute Gasteiger partial charge is 0.389 e. The molecule has 0 bridgehead atoms. The van der Waals surface area contributed by atoms with Gasteiger partial charge in [0.25, 0.3) is 5.91 Å². The van der Waals surface area contributed by atoms with Crippen molar-refractivity contribution in [1.29, 1.82) is 0 Å². The Morgan fingerprint density at radius 1 is 1.22 bits per heavy atom. The maximum absolute atomic E-state index is 12.8. The van der Waals surface area contributed by atoms with Gasteiger partial charge in [-0.05, 0) is 87.7 Å². The number of carbonyl (C=O) groups excluding carboxylic acids is 1. The summed E-state index contributed by atoms with van der Waals surface area (Å²) >= 11 is 6.22. The Hall–Kier alpha value is -3.52. The number of hydrazine groups is 1. The first-order chi connectivity index (χ1) is 19.4. The zero-order valence-corrected chi connectivity index (χ0v) is 24.4. The molecule has 0 saturated carbocycles. The Morgan fingerprint density at radius 2 is 2.00 bits per heavy atom. The predicted molar refractivity (Wildman–Crippen MR) is 158 cm³/mol. The fourth-order valence-corrected chi connectivity index (χ4v) is 4.84. The number of halogens is 4. The van der Waals surface area contributed by atoms with E-state index in [2.05, 4.69) is 21.8 Å². The number of allylic oxidation sites excluding steroid dienone is 1. The van der Waals surface area contributed by atoms with Gasteiger partial charge in [-0.3, -0.25) is 10.2 Å². The highest BCUT2D eigenvalue weighted by atomic mass is 35.5. The predicted octanol–water partition coefficient (Wildman–Crippen LogP) is 7.12. The molecule has 0 aliphatic carbocycles. The fourth-order valence-electron chi connectivity index (χ4n) is 4.68. The van der Waals surface area contributed by atoms with E-state index >= 15 is 0 Å². The molecule has 218 valence electrons. The molecule has 0 spiro atoms. The van der Waals surface area contributed by atoms with Crippen molar-refractivity contribution in [2.45, 2.75) is 71.6 Å². The maximum Gasteiger partial charge on any atom is 0.389 e. The van der Waals surface area contributed by atoms with Crippen molar-refractivity contribution in [1.82, 2.24) is 21.1 Å². The average molecular weight is 586 g/mol. The number of benzene rings is 2. The molecule has 4 rings (SSSR count). The van der Waals surface area contributed by atoms with Crippen molar-refractivity contribution >= 4 is 34.7 Å². The Bertz CT molecular complexity index is 1430. The third-order valence-electron chi connectivity index (χ3n) is 7.13. The molecule has 2 aliphatic rings. The van der Waals surface area contributed by atoms with E-state index in [0.717, 1.165) is 34.5 Å². The number of amidine groups is 1. The highest BCUT2D eigenvalue weighted by Gasteiger charge is 2.33. The number of fused-ring (bicyclic) bond motifs is 1. The molecule has 1 saturated heterocycles. The lowest BCUT2D eigenvalue weighted by Gasteiger charge is -2.40. The molecular formula is C31H35ClF3N5O. The lowest BCUT2D eigenvalue weighted by molar-refractivity contribution is -0.135. The van der Waals surface area contributed by atoms with Crippen molar-refractivity contribution in [3.63, 3.8) is 0 Å². The number of hydrogen-bond donors (Lipinski definition) is 3. The normalized spacial score (nSPS) is 18.4. The van der Waals surface area contributed by atoms with Crippen LogP contribution in [-0.4, -0.2) is 41.6 Å². The number of amides is 1. The van der Waals surface area contributed by atoms with Gasteiger partial charge in [0.05, 0.1) is 23.1 Å². The van der Waals surface area contributed by atoms with Gasteiger partial charge < -0.3 is 10.6 Å². The van der Waals surface area contributed by atoms with E-state index in [1.54, 1.807) is 18.2 Å². The lowest BCUT2D eigenvalue weighted by Crippen LogP contribution is -2.54. The minimum atomic E-state index is -4.20. The monoisotopic (exact) mass is 585 g/mol. The van der Waals surface area contributed by atoms with Crippen LogP contribution in [0.3, 0.4) is 0 Å². The number of aryl methyl sites for hydroxylation is 2. The number of rotatable bonds is 9. The average Bonchev–Trinajstić information content (AvgIpc) is 2.92. The topological polar surface area (TPSA) is 68.8 Å². The summed E-state index contributed by atoms with van der Waals surface area (Å²) in [6.45, 7) is 8.01. The molecule has 0 aromatic heterocycles. The van der Waals surface area contributed by atoms with Crippen LogP contribution in [0, 0.1) is 13.8 Å². The molecule has 10 heteroatoms. The first-order valence-corrected chi connectivity index (χ1v) is 14.1. The molecule has 6 nitrogen and oxygen atoms in total. The van der Waals surface area contributed by atoms with Gasteiger partial charge in [0.1, 0.15) is 5.84 Å². The number of nitrogens with one attached hydrogen (secondary N) is 3. The number of hydrogen-bond acceptors (Lipinski definition) is 4. The maximum atomic E-state index is 12.8. The van der Waals surface area contributed by atoms with Gasteiger partial charge in [0.2, 0.25) is 0 Å². The first-order valence-electron chi connectivity index (χ1n) is 13.7. The van der Waals surface area contributed by atoms with Crippen molar-refractivity contribution in [2.24, 2.45) is 4.99 Å². The van der Waals surface area contributed by atoms with E-state index in [9.17, 15) is 18.0 Å². The van der Waals surface area contributed by atoms with E-state index in [1.807, 2.05) is 63.0 Å². The molecule has 2 aliphatic heterocycles. The van der Waals surface area contributed by atoms with Gasteiger partial charge in [0, 0.05) is 35.0 Å². The Labute approximate surface area is 244 Å². The van der Waals surface area contributed by atoms with E-state index < -0.39 is 12.6 Å². The molecule has 2 aromatic rings. The molecule has 2 heterocycles. The summed E-state index contributed by atoms with van der Waals surface area (Å²) in [5.74, 6) is 0.510. The Kier molecular flexibility index (Phi) is 9.64. The van der Waals surface area contributed by atoms with Crippen LogP contribution < -0.4 is 16.1 Å². The van der Waals surface area contributed by atoms with Gasteiger partial charge >= 0.3 is 6.18 Å². The van der Waals surface area contributed by atoms with Crippen molar-refractivity contribution in [3.05, 3.63) is 87.3 Å². The van der Waals surface area contributed by atoms with Crippen LogP contribution in [0.25, 0.3) is 5.70 Å². The molecule has 1 fully saturated rings. The van der Waals surface area contributed by atoms with E-state index in [1.165, 1.54) is 0 Å². The minimum Gasteiger partial charge on any atom is -0.350 e. The number of nitrogens with zero attached hydrogens (tertiary/aromatic N) is 2. The second-order valence-corrected chi connectivity index (χ2v) is 10.9. The number of carbonyl (C=O) groups is 1. The van der Waals surface area contributed by atoms with Crippen LogP contribution in [0.4, 0.5) is 18.9 Å². The molecule has 3 N–H and O–H groups in total. The highest BCUT2D eigenvalue weighted by Crippen LogP contribution is 2.32. The second-order valence-electron chi connectivity index (χ2n) is 10.4. The summed E-state index contributed by atoms with van der Waals surface area (Å²) in [5.41, 5.74) is 12.1. The third kappa shape index (κ3) is 7.82. The SMILES string of the molecule is CCC(C)NC(=O)c1ccc(C2=CC=C=C3C(NCCCC(F)(F)F)CC(=Nc4cc(Cl)ccc4C)NN32)cc1C. The minimum absolute atomic E-state index is 0.0354. The summed E-state index contributed by atoms with van der Waals surface area (Å²) in [5, 5.41) is 8.70. The Balaban J connectivity index is 1.64. The quantitative estimate of drug-likeness (QED) is 0.216. The highest BCUT2D eigenvalue weighted by molar-refractivity contribution is 6.30. The van der Waals surface area contributed by atoms with Crippen LogP contribution in [0.15, 0.2) is 65.0 Å². The van der Waals surface area contributed by atoms with Gasteiger partial charge in [-0.15, -0.1) is 0 Å². The molecule has 2 atom stereocenters. The van der Waals surface area contributed by atoms with Crippen LogP contribution in [-0.2, 0) is 0 Å². The van der Waals surface area contributed by atoms with Crippen molar-refractivity contribution < 1.29 is 18.0 Å². The summed E-state index contributed by atoms with van der Waals surface area (Å²) in [6.07, 6.45) is -0.130. The molecule has 1 amide bonds. The van der Waals surface area contributed by atoms with Crippen LogP contribution in [0.5, 0.6) is 0 Å². The van der Waals surface area contributed by atoms with Gasteiger partial charge in [-0.25, -0.2) is 10.0 Å². The summed E-state index contributed by atoms with van der Waals surface area (Å²) in [7, 11) is 0. The summed E-state index contributed by atoms with van der Waals surface area (Å²) in [4.78, 5) is 17.6. The molecule has 2 unspecified atom stereocenters. The molecular weight excluding hydrogens is 551 g/mol. The zero-order chi connectivity index (χ0) is 29.7.